The number of aromatic amines is 1. The number of H-pyrrole nitrogens is 1. The molecule has 1 saturated heterocycles. The minimum atomic E-state index is -0.0748. The topological polar surface area (TPSA) is 81.3 Å². The van der Waals surface area contributed by atoms with Crippen molar-refractivity contribution in [3.8, 4) is 10.4 Å². The van der Waals surface area contributed by atoms with Crippen molar-refractivity contribution in [3.63, 3.8) is 0 Å². The van der Waals surface area contributed by atoms with Crippen LogP contribution < -0.4 is 10.9 Å². The van der Waals surface area contributed by atoms with Gasteiger partial charge >= 0.3 is 6.03 Å². The fourth-order valence-electron chi connectivity index (χ4n) is 4.78. The second-order valence-corrected chi connectivity index (χ2v) is 10.7. The molecule has 0 unspecified atom stereocenters. The van der Waals surface area contributed by atoms with Crippen molar-refractivity contribution >= 4 is 38.9 Å². The molecule has 7 nitrogen and oxygen atoms in total. The largest absolute Gasteiger partial charge is 0.335 e. The molecule has 4 heterocycles. The lowest BCUT2D eigenvalue weighted by Crippen LogP contribution is -2.54. The number of nitrogens with zero attached hydrogens (tertiary/aromatic N) is 3. The Balaban J connectivity index is 1.20. The molecule has 3 aromatic rings. The van der Waals surface area contributed by atoms with Crippen LogP contribution in [0.3, 0.4) is 0 Å². The van der Waals surface area contributed by atoms with Crippen LogP contribution >= 0.6 is 22.7 Å². The van der Waals surface area contributed by atoms with Crippen molar-refractivity contribution in [2.24, 2.45) is 5.92 Å². The van der Waals surface area contributed by atoms with E-state index in [0.29, 0.717) is 42.8 Å². The molecule has 2 fully saturated rings. The molecule has 3 aromatic heterocycles. The second-order valence-electron chi connectivity index (χ2n) is 8.90. The van der Waals surface area contributed by atoms with Crippen LogP contribution in [0.25, 0.3) is 20.7 Å². The molecule has 1 aliphatic carbocycles. The Bertz CT molecular complexity index is 1130. The lowest BCUT2D eigenvalue weighted by Gasteiger charge is -2.37. The van der Waals surface area contributed by atoms with Gasteiger partial charge in [0.2, 0.25) is 0 Å². The fourth-order valence-corrected chi connectivity index (χ4v) is 6.56. The molecule has 0 spiro atoms. The summed E-state index contributed by atoms with van der Waals surface area (Å²) in [7, 11) is 0. The summed E-state index contributed by atoms with van der Waals surface area (Å²) >= 11 is 3.15. The monoisotopic (exact) mass is 471 g/mol. The molecule has 2 N–H and O–H groups in total. The third-order valence-corrected chi connectivity index (χ3v) is 8.51. The summed E-state index contributed by atoms with van der Waals surface area (Å²) in [5.74, 6) is 1.25. The Kier molecular flexibility index (Phi) is 6.30. The predicted molar refractivity (Wildman–Crippen MR) is 130 cm³/mol. The number of piperazine rings is 1. The van der Waals surface area contributed by atoms with Crippen LogP contribution in [0.15, 0.2) is 27.7 Å². The molecular formula is C23H29N5O2S2. The molecule has 5 rings (SSSR count). The summed E-state index contributed by atoms with van der Waals surface area (Å²) in [6.07, 6.45) is 4.77. The van der Waals surface area contributed by atoms with Gasteiger partial charge < -0.3 is 15.2 Å². The number of aromatic nitrogens is 2. The van der Waals surface area contributed by atoms with Crippen molar-refractivity contribution in [3.05, 3.63) is 39.1 Å². The average Bonchev–Trinajstić information content (AvgIpc) is 3.46. The summed E-state index contributed by atoms with van der Waals surface area (Å²) < 4.78 is 0. The highest BCUT2D eigenvalue weighted by atomic mass is 32.1. The number of carbonyl (C=O) groups is 1. The van der Waals surface area contributed by atoms with E-state index in [1.54, 1.807) is 11.3 Å². The number of rotatable bonds is 4. The Morgan fingerprint density at radius 3 is 2.78 bits per heavy atom. The van der Waals surface area contributed by atoms with Gasteiger partial charge in [-0.15, -0.1) is 22.7 Å². The van der Waals surface area contributed by atoms with E-state index in [-0.39, 0.29) is 11.6 Å². The zero-order valence-corrected chi connectivity index (χ0v) is 19.9. The van der Waals surface area contributed by atoms with Crippen LogP contribution in [0.1, 0.15) is 38.4 Å². The highest BCUT2D eigenvalue weighted by Crippen LogP contribution is 2.33. The minimum absolute atomic E-state index is 0.0658. The van der Waals surface area contributed by atoms with E-state index in [1.807, 2.05) is 27.8 Å². The predicted octanol–water partition coefficient (Wildman–Crippen LogP) is 4.12. The maximum atomic E-state index is 12.8. The van der Waals surface area contributed by atoms with Gasteiger partial charge in [0.15, 0.2) is 0 Å². The quantitative estimate of drug-likeness (QED) is 0.600. The minimum Gasteiger partial charge on any atom is -0.335 e. The molecule has 2 amide bonds. The van der Waals surface area contributed by atoms with E-state index >= 15 is 0 Å². The lowest BCUT2D eigenvalue weighted by atomic mass is 9.86. The highest BCUT2D eigenvalue weighted by molar-refractivity contribution is 7.18. The van der Waals surface area contributed by atoms with Gasteiger partial charge in [0.1, 0.15) is 10.7 Å². The molecule has 2 atom stereocenters. The van der Waals surface area contributed by atoms with Crippen molar-refractivity contribution in [2.75, 3.05) is 26.2 Å². The van der Waals surface area contributed by atoms with Crippen LogP contribution in [-0.4, -0.2) is 58.0 Å². The molecule has 0 radical (unpaired) electrons. The average molecular weight is 472 g/mol. The number of amides is 2. The first-order chi connectivity index (χ1) is 15.6. The first-order valence-corrected chi connectivity index (χ1v) is 13.2. The first-order valence-electron chi connectivity index (χ1n) is 11.4. The highest BCUT2D eigenvalue weighted by Gasteiger charge is 2.27. The van der Waals surface area contributed by atoms with Crippen molar-refractivity contribution < 1.29 is 4.79 Å². The SMILES string of the molecule is C[C@@H]1CCCC[C@@H]1NC(=O)N1CCN(Cc2nc3scc(-c4cccs4)c3c(=O)[nH]2)CC1. The van der Waals surface area contributed by atoms with Gasteiger partial charge in [-0.1, -0.05) is 25.8 Å². The summed E-state index contributed by atoms with van der Waals surface area (Å²) in [6, 6.07) is 4.40. The second kappa shape index (κ2) is 9.33. The number of thiophene rings is 2. The lowest BCUT2D eigenvalue weighted by molar-refractivity contribution is 0.127. The summed E-state index contributed by atoms with van der Waals surface area (Å²) in [4.78, 5) is 39.3. The van der Waals surface area contributed by atoms with E-state index in [2.05, 4.69) is 22.1 Å². The van der Waals surface area contributed by atoms with Crippen molar-refractivity contribution in [2.45, 2.75) is 45.2 Å². The number of fused-ring (bicyclic) bond motifs is 1. The van der Waals surface area contributed by atoms with Crippen LogP contribution in [0.5, 0.6) is 0 Å². The molecular weight excluding hydrogens is 442 g/mol. The van der Waals surface area contributed by atoms with E-state index in [0.717, 1.165) is 34.8 Å². The summed E-state index contributed by atoms with van der Waals surface area (Å²) in [5, 5.41) is 7.97. The van der Waals surface area contributed by atoms with Crippen molar-refractivity contribution in [1.82, 2.24) is 25.1 Å². The van der Waals surface area contributed by atoms with Gasteiger partial charge in [-0.05, 0) is 30.2 Å². The molecule has 9 heteroatoms. The van der Waals surface area contributed by atoms with Crippen molar-refractivity contribution in [1.29, 1.82) is 0 Å². The van der Waals surface area contributed by atoms with Gasteiger partial charge in [-0.3, -0.25) is 9.69 Å². The fraction of sp³-hybridized carbons (Fsp3) is 0.522. The maximum absolute atomic E-state index is 12.8. The summed E-state index contributed by atoms with van der Waals surface area (Å²) in [6.45, 7) is 5.78. The van der Waals surface area contributed by atoms with Gasteiger partial charge in [0.05, 0.1) is 11.9 Å². The van der Waals surface area contributed by atoms with E-state index in [9.17, 15) is 9.59 Å². The first kappa shape index (κ1) is 21.6. The molecule has 2 aliphatic rings. The molecule has 0 aromatic carbocycles. The maximum Gasteiger partial charge on any atom is 0.317 e. The Hall–Kier alpha value is -2.23. The van der Waals surface area contributed by atoms with Gasteiger partial charge in [0.25, 0.3) is 5.56 Å². The number of urea groups is 1. The van der Waals surface area contributed by atoms with Crippen LogP contribution in [0, 0.1) is 5.92 Å². The molecule has 1 saturated carbocycles. The Labute approximate surface area is 195 Å². The van der Waals surface area contributed by atoms with E-state index in [1.165, 1.54) is 30.6 Å². The third-order valence-electron chi connectivity index (χ3n) is 6.73. The van der Waals surface area contributed by atoms with Gasteiger partial charge in [0, 0.05) is 48.0 Å². The van der Waals surface area contributed by atoms with Gasteiger partial charge in [-0.25, -0.2) is 9.78 Å². The van der Waals surface area contributed by atoms with Gasteiger partial charge in [-0.2, -0.15) is 0 Å². The molecule has 0 bridgehead atoms. The normalized spacial score (nSPS) is 22.3. The molecule has 1 aliphatic heterocycles. The smallest absolute Gasteiger partial charge is 0.317 e. The number of carbonyl (C=O) groups excluding carboxylic acids is 1. The van der Waals surface area contributed by atoms with Crippen LogP contribution in [0.2, 0.25) is 0 Å². The molecule has 32 heavy (non-hydrogen) atoms. The number of hydrogen-bond acceptors (Lipinski definition) is 6. The van der Waals surface area contributed by atoms with Crippen LogP contribution in [0.4, 0.5) is 4.79 Å². The number of hydrogen-bond donors (Lipinski definition) is 2. The van der Waals surface area contributed by atoms with E-state index in [4.69, 9.17) is 4.98 Å². The molecule has 170 valence electrons. The summed E-state index contributed by atoms with van der Waals surface area (Å²) in [5.41, 5.74) is 0.890. The zero-order valence-electron chi connectivity index (χ0n) is 18.3. The standard InChI is InChI=1S/C23H29N5O2S2/c1-15-5-2-3-6-17(15)24-23(30)28-10-8-27(9-11-28)13-19-25-21(29)20-16(14-32-22(20)26-19)18-7-4-12-31-18/h4,7,12,14-15,17H,2-3,5-6,8-11,13H2,1H3,(H,24,30)(H,25,26,29)/t15-,17+/m1/s1. The zero-order chi connectivity index (χ0) is 22.1. The Morgan fingerprint density at radius 2 is 2.03 bits per heavy atom. The van der Waals surface area contributed by atoms with Crippen LogP contribution in [-0.2, 0) is 6.54 Å². The van der Waals surface area contributed by atoms with E-state index < -0.39 is 0 Å². The number of nitrogens with one attached hydrogen (secondary N) is 2. The third kappa shape index (κ3) is 4.46. The Morgan fingerprint density at radius 1 is 1.22 bits per heavy atom.